The zero-order chi connectivity index (χ0) is 23.7. The molecule has 5 aromatic rings. The first kappa shape index (κ1) is 21.8. The van der Waals surface area contributed by atoms with Crippen molar-refractivity contribution in [3.05, 3.63) is 108 Å². The van der Waals surface area contributed by atoms with Crippen LogP contribution in [0.4, 0.5) is 0 Å². The zero-order valence-electron chi connectivity index (χ0n) is 19.6. The molecule has 3 nitrogen and oxygen atoms in total. The second-order valence-corrected chi connectivity index (χ2v) is 8.75. The van der Waals surface area contributed by atoms with Gasteiger partial charge in [0.2, 0.25) is 0 Å². The van der Waals surface area contributed by atoms with E-state index >= 15 is 0 Å². The maximum atomic E-state index is 6.10. The van der Waals surface area contributed by atoms with Crippen molar-refractivity contribution in [2.24, 2.45) is 0 Å². The standard InChI is InChI=1S/C30H24BN3/c1-19-7-11-22(12-8-19)28-32-29(23-13-9-20(2)10-14-23)34-30(33-28)25-6-4-5-24(17-25)26-15-21(3)16-27(31)18-26/h4-18H,1-3H3. The van der Waals surface area contributed by atoms with E-state index in [1.165, 1.54) is 11.1 Å². The maximum Gasteiger partial charge on any atom is 0.164 e. The molecule has 0 amide bonds. The minimum absolute atomic E-state index is 0.642. The Kier molecular flexibility index (Phi) is 5.81. The van der Waals surface area contributed by atoms with E-state index in [1.54, 1.807) is 0 Å². The third-order valence-electron chi connectivity index (χ3n) is 5.81. The molecule has 0 aliphatic carbocycles. The Hall–Kier alpha value is -4.05. The van der Waals surface area contributed by atoms with Gasteiger partial charge in [-0.05, 0) is 38.0 Å². The number of aromatic nitrogens is 3. The first-order valence-corrected chi connectivity index (χ1v) is 11.3. The SMILES string of the molecule is [B]c1cc(C)cc(-c2cccc(-c3nc(-c4ccc(C)cc4)nc(-c4ccc(C)cc4)n3)c2)c1. The summed E-state index contributed by atoms with van der Waals surface area (Å²) in [5, 5.41) is 0. The van der Waals surface area contributed by atoms with Crippen molar-refractivity contribution in [3.8, 4) is 45.3 Å². The summed E-state index contributed by atoms with van der Waals surface area (Å²) in [4.78, 5) is 14.6. The average molecular weight is 437 g/mol. The average Bonchev–Trinajstić information content (AvgIpc) is 2.84. The van der Waals surface area contributed by atoms with Crippen LogP contribution < -0.4 is 5.46 Å². The van der Waals surface area contributed by atoms with Crippen molar-refractivity contribution in [2.75, 3.05) is 0 Å². The van der Waals surface area contributed by atoms with Crippen molar-refractivity contribution in [3.63, 3.8) is 0 Å². The van der Waals surface area contributed by atoms with Gasteiger partial charge in [0.1, 0.15) is 7.85 Å². The van der Waals surface area contributed by atoms with E-state index in [-0.39, 0.29) is 0 Å². The van der Waals surface area contributed by atoms with E-state index in [4.69, 9.17) is 22.8 Å². The van der Waals surface area contributed by atoms with Crippen LogP contribution in [0.15, 0.2) is 91.0 Å². The third-order valence-corrected chi connectivity index (χ3v) is 5.81. The fourth-order valence-corrected chi connectivity index (χ4v) is 3.99. The summed E-state index contributed by atoms with van der Waals surface area (Å²) in [6.45, 7) is 6.20. The van der Waals surface area contributed by atoms with Gasteiger partial charge in [-0.25, -0.2) is 15.0 Å². The molecule has 0 atom stereocenters. The van der Waals surface area contributed by atoms with E-state index in [0.717, 1.165) is 38.8 Å². The van der Waals surface area contributed by atoms with Crippen LogP contribution in [0.3, 0.4) is 0 Å². The van der Waals surface area contributed by atoms with E-state index in [0.29, 0.717) is 17.5 Å². The molecule has 0 aliphatic heterocycles. The summed E-state index contributed by atoms with van der Waals surface area (Å²) >= 11 is 0. The van der Waals surface area contributed by atoms with Gasteiger partial charge in [-0.3, -0.25) is 0 Å². The van der Waals surface area contributed by atoms with Crippen molar-refractivity contribution >= 4 is 13.3 Å². The van der Waals surface area contributed by atoms with E-state index in [2.05, 4.69) is 87.5 Å². The number of aryl methyl sites for hydroxylation is 3. The molecule has 0 N–H and O–H groups in total. The largest absolute Gasteiger partial charge is 0.208 e. The number of hydrogen-bond donors (Lipinski definition) is 0. The van der Waals surface area contributed by atoms with Crippen LogP contribution in [-0.2, 0) is 0 Å². The molecule has 0 saturated heterocycles. The number of nitrogens with zero attached hydrogens (tertiary/aromatic N) is 3. The van der Waals surface area contributed by atoms with Crippen molar-refractivity contribution in [1.29, 1.82) is 0 Å². The first-order chi connectivity index (χ1) is 16.4. The lowest BCUT2D eigenvalue weighted by molar-refractivity contribution is 1.07. The van der Waals surface area contributed by atoms with Crippen LogP contribution in [0.1, 0.15) is 16.7 Å². The smallest absolute Gasteiger partial charge is 0.164 e. The predicted molar refractivity (Wildman–Crippen MR) is 141 cm³/mol. The molecular formula is C30H24BN3. The first-order valence-electron chi connectivity index (χ1n) is 11.3. The minimum Gasteiger partial charge on any atom is -0.208 e. The lowest BCUT2D eigenvalue weighted by Crippen LogP contribution is -2.03. The molecular weight excluding hydrogens is 413 g/mol. The van der Waals surface area contributed by atoms with Gasteiger partial charge in [0.05, 0.1) is 0 Å². The van der Waals surface area contributed by atoms with Gasteiger partial charge >= 0.3 is 0 Å². The fourth-order valence-electron chi connectivity index (χ4n) is 3.99. The molecule has 0 bridgehead atoms. The number of hydrogen-bond acceptors (Lipinski definition) is 3. The van der Waals surface area contributed by atoms with Crippen LogP contribution in [0.5, 0.6) is 0 Å². The highest BCUT2D eigenvalue weighted by molar-refractivity contribution is 6.32. The van der Waals surface area contributed by atoms with Gasteiger partial charge in [-0.15, -0.1) is 0 Å². The van der Waals surface area contributed by atoms with Gasteiger partial charge in [0.25, 0.3) is 0 Å². The summed E-state index contributed by atoms with van der Waals surface area (Å²) in [5.74, 6) is 1.96. The Morgan fingerprint density at radius 1 is 0.441 bits per heavy atom. The maximum absolute atomic E-state index is 6.10. The molecule has 4 aromatic carbocycles. The summed E-state index contributed by atoms with van der Waals surface area (Å²) in [6.07, 6.45) is 0. The molecule has 1 aromatic heterocycles. The molecule has 0 unspecified atom stereocenters. The molecule has 1 heterocycles. The second-order valence-electron chi connectivity index (χ2n) is 8.75. The molecule has 0 spiro atoms. The van der Waals surface area contributed by atoms with E-state index in [1.807, 2.05) is 24.3 Å². The second kappa shape index (κ2) is 9.07. The van der Waals surface area contributed by atoms with E-state index in [9.17, 15) is 0 Å². The Balaban J connectivity index is 1.66. The molecule has 0 fully saturated rings. The predicted octanol–water partition coefficient (Wildman–Crippen LogP) is 6.26. The Bertz CT molecular complexity index is 1390. The summed E-state index contributed by atoms with van der Waals surface area (Å²) in [6, 6.07) is 30.9. The van der Waals surface area contributed by atoms with E-state index < -0.39 is 0 Å². The van der Waals surface area contributed by atoms with Gasteiger partial charge in [-0.2, -0.15) is 0 Å². The minimum atomic E-state index is 0.642. The number of benzene rings is 4. The van der Waals surface area contributed by atoms with Crippen LogP contribution >= 0.6 is 0 Å². The van der Waals surface area contributed by atoms with Gasteiger partial charge in [-0.1, -0.05) is 107 Å². The highest BCUT2D eigenvalue weighted by Crippen LogP contribution is 2.28. The van der Waals surface area contributed by atoms with Crippen molar-refractivity contribution < 1.29 is 0 Å². The Morgan fingerprint density at radius 3 is 1.47 bits per heavy atom. The van der Waals surface area contributed by atoms with Crippen LogP contribution in [0.25, 0.3) is 45.3 Å². The number of rotatable bonds is 4. The van der Waals surface area contributed by atoms with Crippen LogP contribution in [0.2, 0.25) is 0 Å². The monoisotopic (exact) mass is 437 g/mol. The third kappa shape index (κ3) is 4.67. The molecule has 34 heavy (non-hydrogen) atoms. The fraction of sp³-hybridized carbons (Fsp3) is 0.100. The zero-order valence-corrected chi connectivity index (χ0v) is 19.6. The summed E-state index contributed by atoms with van der Waals surface area (Å²) < 4.78 is 0. The highest BCUT2D eigenvalue weighted by Gasteiger charge is 2.13. The molecule has 4 heteroatoms. The molecule has 162 valence electrons. The molecule has 2 radical (unpaired) electrons. The van der Waals surface area contributed by atoms with Gasteiger partial charge in [0.15, 0.2) is 17.5 Å². The normalized spacial score (nSPS) is 10.9. The van der Waals surface area contributed by atoms with Crippen molar-refractivity contribution in [2.45, 2.75) is 20.8 Å². The lowest BCUT2D eigenvalue weighted by atomic mass is 9.90. The molecule has 0 saturated carbocycles. The topological polar surface area (TPSA) is 38.7 Å². The Labute approximate surface area is 202 Å². The van der Waals surface area contributed by atoms with Gasteiger partial charge < -0.3 is 0 Å². The summed E-state index contributed by atoms with van der Waals surface area (Å²) in [7, 11) is 6.10. The quantitative estimate of drug-likeness (QED) is 0.312. The molecule has 0 aliphatic rings. The lowest BCUT2D eigenvalue weighted by Gasteiger charge is -2.10. The molecule has 5 rings (SSSR count). The Morgan fingerprint density at radius 2 is 0.941 bits per heavy atom. The highest BCUT2D eigenvalue weighted by atomic mass is 15.0. The van der Waals surface area contributed by atoms with Crippen LogP contribution in [-0.4, -0.2) is 22.8 Å². The van der Waals surface area contributed by atoms with Crippen LogP contribution in [0, 0.1) is 20.8 Å². The summed E-state index contributed by atoms with van der Waals surface area (Å²) in [5.41, 5.74) is 9.28. The van der Waals surface area contributed by atoms with Gasteiger partial charge in [0, 0.05) is 16.7 Å². The van der Waals surface area contributed by atoms with Crippen molar-refractivity contribution in [1.82, 2.24) is 15.0 Å².